The molecular formula is C21H20N6OS. The van der Waals surface area contributed by atoms with Crippen LogP contribution in [0.15, 0.2) is 54.4 Å². The molecule has 0 bridgehead atoms. The van der Waals surface area contributed by atoms with Crippen molar-refractivity contribution in [3.05, 3.63) is 82.9 Å². The summed E-state index contributed by atoms with van der Waals surface area (Å²) in [4.78, 5) is 25.6. The highest BCUT2D eigenvalue weighted by molar-refractivity contribution is 7.14. The number of rotatable bonds is 6. The second-order valence-electron chi connectivity index (χ2n) is 6.57. The minimum atomic E-state index is -0.186. The van der Waals surface area contributed by atoms with Crippen molar-refractivity contribution in [3.63, 3.8) is 0 Å². The van der Waals surface area contributed by atoms with Crippen LogP contribution in [0, 0.1) is 6.92 Å². The van der Waals surface area contributed by atoms with E-state index in [0.29, 0.717) is 17.4 Å². The van der Waals surface area contributed by atoms with E-state index in [-0.39, 0.29) is 5.91 Å². The molecule has 0 radical (unpaired) electrons. The first-order valence-electron chi connectivity index (χ1n) is 9.07. The first-order chi connectivity index (χ1) is 14.1. The predicted molar refractivity (Wildman–Crippen MR) is 115 cm³/mol. The molecule has 4 rings (SSSR count). The van der Waals surface area contributed by atoms with Crippen LogP contribution in [0.4, 0.5) is 5.13 Å². The van der Waals surface area contributed by atoms with Gasteiger partial charge in [0.05, 0.1) is 11.4 Å². The fourth-order valence-electron chi connectivity index (χ4n) is 2.86. The van der Waals surface area contributed by atoms with Crippen molar-refractivity contribution >= 4 is 34.5 Å². The third kappa shape index (κ3) is 4.49. The highest BCUT2D eigenvalue weighted by Gasteiger charge is 2.13. The molecule has 4 heterocycles. The number of carbonyl (C=O) groups is 1. The number of aryl methyl sites for hydroxylation is 2. The van der Waals surface area contributed by atoms with Crippen LogP contribution >= 0.6 is 11.3 Å². The van der Waals surface area contributed by atoms with Gasteiger partial charge in [0.1, 0.15) is 11.5 Å². The Kier molecular flexibility index (Phi) is 5.35. The lowest BCUT2D eigenvalue weighted by molar-refractivity contribution is 0.101. The molecule has 0 aliphatic rings. The number of imidazole rings is 1. The highest BCUT2D eigenvalue weighted by atomic mass is 32.1. The molecule has 0 aromatic carbocycles. The summed E-state index contributed by atoms with van der Waals surface area (Å²) in [6.45, 7) is 2.56. The molecule has 1 amide bonds. The molecule has 4 aromatic heterocycles. The molecule has 0 unspecified atom stereocenters. The number of aromatic nitrogens is 5. The van der Waals surface area contributed by atoms with Crippen molar-refractivity contribution in [3.8, 4) is 0 Å². The third-order valence-corrected chi connectivity index (χ3v) is 5.23. The lowest BCUT2D eigenvalue weighted by atomic mass is 10.2. The topological polar surface area (TPSA) is 77.6 Å². The Morgan fingerprint density at radius 3 is 2.72 bits per heavy atom. The number of nitrogens with one attached hydrogen (secondary N) is 1. The number of anilines is 1. The van der Waals surface area contributed by atoms with Crippen molar-refractivity contribution in [2.75, 3.05) is 5.32 Å². The summed E-state index contributed by atoms with van der Waals surface area (Å²) >= 11 is 1.39. The van der Waals surface area contributed by atoms with Crippen molar-refractivity contribution < 1.29 is 4.79 Å². The fourth-order valence-corrected chi connectivity index (χ4v) is 3.54. The smallest absolute Gasteiger partial charge is 0.274 e. The van der Waals surface area contributed by atoms with Crippen LogP contribution in [0.25, 0.3) is 12.2 Å². The maximum Gasteiger partial charge on any atom is 0.274 e. The van der Waals surface area contributed by atoms with E-state index in [1.165, 1.54) is 11.3 Å². The second-order valence-corrected chi connectivity index (χ2v) is 7.42. The van der Waals surface area contributed by atoms with Gasteiger partial charge in [-0.25, -0.2) is 9.97 Å². The highest BCUT2D eigenvalue weighted by Crippen LogP contribution is 2.19. The summed E-state index contributed by atoms with van der Waals surface area (Å²) in [6, 6.07) is 7.53. The Balaban J connectivity index is 1.43. The quantitative estimate of drug-likeness (QED) is 0.529. The van der Waals surface area contributed by atoms with Gasteiger partial charge in [-0.1, -0.05) is 0 Å². The predicted octanol–water partition coefficient (Wildman–Crippen LogP) is 3.85. The monoisotopic (exact) mass is 404 g/mol. The Morgan fingerprint density at radius 2 is 1.97 bits per heavy atom. The number of amides is 1. The number of nitrogens with zero attached hydrogens (tertiary/aromatic N) is 5. The van der Waals surface area contributed by atoms with Crippen LogP contribution in [0.1, 0.15) is 33.3 Å². The van der Waals surface area contributed by atoms with Gasteiger partial charge >= 0.3 is 0 Å². The zero-order valence-corrected chi connectivity index (χ0v) is 16.9. The van der Waals surface area contributed by atoms with E-state index in [4.69, 9.17) is 0 Å². The first-order valence-corrected chi connectivity index (χ1v) is 9.95. The van der Waals surface area contributed by atoms with Crippen LogP contribution in [0.3, 0.4) is 0 Å². The molecule has 8 heteroatoms. The fraction of sp³-hybridized carbons (Fsp3) is 0.143. The standard InChI is InChI=1S/C21H20N6OS/c1-15-23-17(13-26(15)2)5-6-18-14-29-21(24-18)25-20(28)19-4-3-11-27(19)12-16-7-9-22-10-8-16/h3-11,13-14H,12H2,1-2H3,(H,24,25,28). The molecule has 0 fully saturated rings. The Hall–Kier alpha value is -3.52. The van der Waals surface area contributed by atoms with Gasteiger partial charge < -0.3 is 9.13 Å². The van der Waals surface area contributed by atoms with Crippen LogP contribution in [0.5, 0.6) is 0 Å². The SMILES string of the molecule is Cc1nc(C=Cc2csc(NC(=O)c3cccn3Cc3ccncc3)n2)cn1C. The lowest BCUT2D eigenvalue weighted by Gasteiger charge is -2.08. The first kappa shape index (κ1) is 18.8. The number of carbonyl (C=O) groups excluding carboxylic acids is 1. The Labute approximate surface area is 172 Å². The van der Waals surface area contributed by atoms with Crippen LogP contribution in [0.2, 0.25) is 0 Å². The van der Waals surface area contributed by atoms with Crippen LogP contribution in [-0.2, 0) is 13.6 Å². The average molecular weight is 404 g/mol. The van der Waals surface area contributed by atoms with Gasteiger partial charge in [-0.15, -0.1) is 11.3 Å². The van der Waals surface area contributed by atoms with Crippen LogP contribution in [-0.4, -0.2) is 30.0 Å². The van der Waals surface area contributed by atoms with Crippen LogP contribution < -0.4 is 5.32 Å². The van der Waals surface area contributed by atoms with E-state index < -0.39 is 0 Å². The van der Waals surface area contributed by atoms with Gasteiger partial charge in [0, 0.05) is 43.8 Å². The van der Waals surface area contributed by atoms with E-state index in [1.807, 2.05) is 71.2 Å². The maximum absolute atomic E-state index is 12.7. The molecule has 0 aliphatic heterocycles. The normalized spacial score (nSPS) is 11.2. The molecule has 0 spiro atoms. The lowest BCUT2D eigenvalue weighted by Crippen LogP contribution is -2.17. The average Bonchev–Trinajstić information content (AvgIpc) is 3.42. The van der Waals surface area contributed by atoms with Gasteiger partial charge in [-0.3, -0.25) is 15.1 Å². The van der Waals surface area contributed by atoms with Gasteiger partial charge in [0.2, 0.25) is 0 Å². The minimum Gasteiger partial charge on any atom is -0.339 e. The molecule has 4 aromatic rings. The van der Waals surface area contributed by atoms with E-state index in [9.17, 15) is 4.79 Å². The summed E-state index contributed by atoms with van der Waals surface area (Å²) in [5.74, 6) is 0.764. The molecule has 0 atom stereocenters. The molecule has 1 N–H and O–H groups in total. The largest absolute Gasteiger partial charge is 0.339 e. The van der Waals surface area contributed by atoms with Crippen molar-refractivity contribution in [1.82, 2.24) is 24.1 Å². The Morgan fingerprint density at radius 1 is 1.17 bits per heavy atom. The molecule has 29 heavy (non-hydrogen) atoms. The zero-order valence-electron chi connectivity index (χ0n) is 16.1. The number of pyridine rings is 1. The van der Waals surface area contributed by atoms with E-state index in [1.54, 1.807) is 18.5 Å². The molecule has 0 saturated carbocycles. The summed E-state index contributed by atoms with van der Waals surface area (Å²) in [5.41, 5.74) is 3.31. The van der Waals surface area contributed by atoms with E-state index in [2.05, 4.69) is 20.3 Å². The van der Waals surface area contributed by atoms with Crippen molar-refractivity contribution in [1.29, 1.82) is 0 Å². The summed E-state index contributed by atoms with van der Waals surface area (Å²) in [6.07, 6.45) is 11.1. The summed E-state index contributed by atoms with van der Waals surface area (Å²) in [5, 5.41) is 5.34. The molecule has 0 aliphatic carbocycles. The number of hydrogen-bond donors (Lipinski definition) is 1. The van der Waals surface area contributed by atoms with E-state index >= 15 is 0 Å². The summed E-state index contributed by atoms with van der Waals surface area (Å²) < 4.78 is 3.87. The van der Waals surface area contributed by atoms with Gasteiger partial charge in [0.15, 0.2) is 5.13 Å². The maximum atomic E-state index is 12.7. The van der Waals surface area contributed by atoms with Gasteiger partial charge in [-0.2, -0.15) is 0 Å². The third-order valence-electron chi connectivity index (χ3n) is 4.46. The molecule has 0 saturated heterocycles. The number of hydrogen-bond acceptors (Lipinski definition) is 5. The van der Waals surface area contributed by atoms with Gasteiger partial charge in [0.25, 0.3) is 5.91 Å². The Bertz CT molecular complexity index is 1140. The van der Waals surface area contributed by atoms with Crippen molar-refractivity contribution in [2.45, 2.75) is 13.5 Å². The molecular weight excluding hydrogens is 384 g/mol. The summed E-state index contributed by atoms with van der Waals surface area (Å²) in [7, 11) is 1.96. The molecule has 146 valence electrons. The minimum absolute atomic E-state index is 0.186. The van der Waals surface area contributed by atoms with Crippen molar-refractivity contribution in [2.24, 2.45) is 7.05 Å². The van der Waals surface area contributed by atoms with E-state index in [0.717, 1.165) is 22.8 Å². The van der Waals surface area contributed by atoms with Gasteiger partial charge in [-0.05, 0) is 48.9 Å². The zero-order chi connectivity index (χ0) is 20.2. The molecule has 7 nitrogen and oxygen atoms in total. The number of thiazole rings is 1. The second kappa shape index (κ2) is 8.24.